The first-order valence-electron chi connectivity index (χ1n) is 35.3. The molecule has 0 spiro atoms. The average molecular weight is 2210 g/mol. The van der Waals surface area contributed by atoms with Crippen LogP contribution in [0.5, 0.6) is 0 Å². The molecule has 0 amide bonds. The van der Waals surface area contributed by atoms with Crippen LogP contribution in [-0.4, -0.2) is 246 Å². The molecular formula is C78H155BrClF4I4NO25. The summed E-state index contributed by atoms with van der Waals surface area (Å²) in [6, 6.07) is 0. The van der Waals surface area contributed by atoms with Gasteiger partial charge < -0.3 is 89.6 Å². The van der Waals surface area contributed by atoms with Crippen molar-refractivity contribution in [3.63, 3.8) is 0 Å². The molecule has 5 unspecified atom stereocenters. The SMILES string of the molecule is C=C(C)C(=O)OC(C)C.C=C(C)C(=O)OCC.C=C(C)C(=O)OCC(C)CO.C=CC.C=CC(=O)OC(C)C.C=CC(=O)OCC.C=CC(=O)OCC(C)CO.CBr.CC(=O)Cl.CC(=O)O.CC=CCO.CCC(I)CO.CCC1CO1.CCCI.CCCO.CCI.CCN.CCO.CCO.CI.COC(F)(CO)C(F)(F)F. The van der Waals surface area contributed by atoms with Crippen molar-refractivity contribution >= 4 is 165 Å². The van der Waals surface area contributed by atoms with Crippen LogP contribution in [0.1, 0.15) is 185 Å². The number of epoxide rings is 1. The third-order valence-electron chi connectivity index (χ3n) is 7.64. The maximum Gasteiger partial charge on any atom is 0.450 e. The molecule has 1 fully saturated rings. The van der Waals surface area contributed by atoms with Crippen LogP contribution in [0.2, 0.25) is 0 Å². The van der Waals surface area contributed by atoms with Crippen molar-refractivity contribution in [3.8, 4) is 0 Å². The van der Waals surface area contributed by atoms with Crippen LogP contribution in [0.3, 0.4) is 0 Å². The van der Waals surface area contributed by atoms with Crippen LogP contribution >= 0.6 is 118 Å². The number of carboxylic acid groups (broad SMARTS) is 1. The van der Waals surface area contributed by atoms with E-state index in [4.69, 9.17) is 70.7 Å². The zero-order chi connectivity index (χ0) is 95.9. The number of carboxylic acids is 1. The van der Waals surface area contributed by atoms with Gasteiger partial charge in [-0.3, -0.25) is 9.59 Å². The minimum atomic E-state index is -5.18. The lowest BCUT2D eigenvalue weighted by atomic mass is 10.2. The van der Waals surface area contributed by atoms with E-state index in [1.54, 1.807) is 108 Å². The van der Waals surface area contributed by atoms with Gasteiger partial charge in [-0.05, 0) is 153 Å². The zero-order valence-corrected chi connectivity index (χ0v) is 84.4. The molecule has 114 heavy (non-hydrogen) atoms. The monoisotopic (exact) mass is 2200 g/mol. The summed E-state index contributed by atoms with van der Waals surface area (Å²) in [5.41, 5.74) is 6.13. The lowest BCUT2D eigenvalue weighted by Crippen LogP contribution is -2.45. The van der Waals surface area contributed by atoms with Crippen LogP contribution in [0.4, 0.5) is 17.6 Å². The van der Waals surface area contributed by atoms with Crippen molar-refractivity contribution in [2.75, 3.05) is 119 Å². The van der Waals surface area contributed by atoms with E-state index in [0.29, 0.717) is 60.3 Å². The second kappa shape index (κ2) is 148. The van der Waals surface area contributed by atoms with Crippen molar-refractivity contribution in [2.24, 2.45) is 17.6 Å². The quantitative estimate of drug-likeness (QED) is 0.00494. The molecule has 0 saturated carbocycles. The molecule has 1 saturated heterocycles. The standard InChI is InChI=1S/C8H14O3.C7H12O3.C7H12O2.2C6H10O2.C5H8O2.C4H6F4O2.C4H9IO.2C4H8O.C3H7I.C3H8O.C3H6.C2H3ClO.C2H5I.C2H7N.C2H4O2.2C2H6O.CH3Br.CH3I/c1-6(2)8(10)11-5-7(3)4-9;1-3-7(9)10-5-6(2)4-8;1-5(2)7(8)9-6(3)4;1-4-8-6(7)5(2)3;1-4-6(7)8-5(2)3;1-3-5(6)7-4-2;1-10-3(5,2-9)4(6,7)8;1-2-4(5)3-6;1-2-4-3-5-4;1-2-3-4-5;2*1-2-3-4;1-3-2;1-2(3)4;2*1-2-3;1-2(3)4;2*1-2-3;2*1-2/h7,9H,1,4-5H2,2-3H3;3,6,8H,1,4-5H2,2H3;6H,1H2,2-4H3;2,4H2,1,3H3;4-5H,1H2,2-3H3;3H,1,4H2,2H3;9H,2H2,1H3;4,6H,2-3H2,1H3;4H,2-3H2,1H3;2-3,5H,4H2,1H3;2-3H2,1H3;4H,2-3H2,1H3;3H,1H2,2H3;1H3;2H2,1H3;2-3H2,1H3;1H3,(H,3,4);2*3H,2H2,1H3;2*1H3. The molecule has 1 aliphatic rings. The molecule has 0 aromatic carbocycles. The maximum atomic E-state index is 12.2. The van der Waals surface area contributed by atoms with E-state index in [0.717, 1.165) is 51.1 Å². The Hall–Kier alpha value is -3.15. The van der Waals surface area contributed by atoms with Gasteiger partial charge >= 0.3 is 47.8 Å². The van der Waals surface area contributed by atoms with Crippen molar-refractivity contribution in [1.29, 1.82) is 0 Å². The number of esters is 6. The van der Waals surface area contributed by atoms with Gasteiger partial charge in [0.2, 0.25) is 5.24 Å². The predicted octanol–water partition coefficient (Wildman–Crippen LogP) is 16.7. The van der Waals surface area contributed by atoms with Gasteiger partial charge in [-0.25, -0.2) is 28.8 Å². The fraction of sp³-hybridized carbons (Fsp3) is 0.692. The molecule has 692 valence electrons. The molecule has 1 heterocycles. The second-order valence-electron chi connectivity index (χ2n) is 20.2. The molecular weight excluding hydrogens is 2050 g/mol. The van der Waals surface area contributed by atoms with Gasteiger partial charge in [-0.1, -0.05) is 219 Å². The van der Waals surface area contributed by atoms with E-state index >= 15 is 0 Å². The average Bonchev–Trinajstić information content (AvgIpc) is 0.936. The molecule has 0 radical (unpaired) electrons. The summed E-state index contributed by atoms with van der Waals surface area (Å²) in [7, 11) is 0.531. The first kappa shape index (κ1) is 162. The van der Waals surface area contributed by atoms with Gasteiger partial charge in [0, 0.05) is 105 Å². The number of hydrogen-bond acceptors (Lipinski definition) is 25. The second-order valence-corrected chi connectivity index (χ2v) is 25.1. The molecule has 36 heteroatoms. The van der Waals surface area contributed by atoms with Crippen LogP contribution in [-0.2, 0) is 76.3 Å². The highest BCUT2D eigenvalue weighted by atomic mass is 127. The van der Waals surface area contributed by atoms with Crippen molar-refractivity contribution in [3.05, 3.63) is 99.2 Å². The Balaban J connectivity index is -0.0000000460. The molecule has 26 nitrogen and oxygen atoms in total. The van der Waals surface area contributed by atoms with Crippen molar-refractivity contribution in [1.82, 2.24) is 0 Å². The maximum absolute atomic E-state index is 12.2. The number of carbonyl (C=O) groups is 8. The van der Waals surface area contributed by atoms with Crippen LogP contribution in [0.15, 0.2) is 99.2 Å². The number of rotatable bonds is 24. The van der Waals surface area contributed by atoms with Gasteiger partial charge in [0.15, 0.2) is 0 Å². The van der Waals surface area contributed by atoms with Crippen molar-refractivity contribution < 1.29 is 140 Å². The molecule has 0 aromatic heterocycles. The van der Waals surface area contributed by atoms with Gasteiger partial charge in [0.25, 0.3) is 5.97 Å². The van der Waals surface area contributed by atoms with E-state index in [1.165, 1.54) is 28.6 Å². The van der Waals surface area contributed by atoms with E-state index in [-0.39, 0.29) is 99.4 Å². The highest BCUT2D eigenvalue weighted by Gasteiger charge is 2.56. The number of hydrogen-bond donors (Lipinski definition) is 10. The molecule has 0 aliphatic carbocycles. The number of methoxy groups -OCH3 is 1. The topological polar surface area (TPSA) is 422 Å². The number of ether oxygens (including phenoxy) is 8. The Kier molecular flexibility index (Phi) is 210. The number of aliphatic hydroxyl groups is 8. The fourth-order valence-corrected chi connectivity index (χ4v) is 2.59. The van der Waals surface area contributed by atoms with E-state index in [9.17, 15) is 51.1 Å². The fourth-order valence-electron chi connectivity index (χ4n) is 2.59. The summed E-state index contributed by atoms with van der Waals surface area (Å²) in [6.07, 6.45) is 8.44. The van der Waals surface area contributed by atoms with E-state index in [2.05, 4.69) is 215 Å². The largest absolute Gasteiger partial charge is 0.481 e. The van der Waals surface area contributed by atoms with Crippen molar-refractivity contribution in [2.45, 2.75) is 219 Å². The third-order valence-corrected chi connectivity index (χ3v) is 9.99. The predicted molar refractivity (Wildman–Crippen MR) is 498 cm³/mol. The lowest BCUT2D eigenvalue weighted by molar-refractivity contribution is -0.334. The first-order chi connectivity index (χ1) is 52.9. The Morgan fingerprint density at radius 2 is 0.877 bits per heavy atom. The van der Waals surface area contributed by atoms with Crippen LogP contribution < -0.4 is 5.73 Å². The van der Waals surface area contributed by atoms with Crippen LogP contribution in [0.25, 0.3) is 0 Å². The highest BCUT2D eigenvalue weighted by molar-refractivity contribution is 14.1. The summed E-state index contributed by atoms with van der Waals surface area (Å²) >= 11 is 16.6. The molecule has 0 bridgehead atoms. The highest BCUT2D eigenvalue weighted by Crippen LogP contribution is 2.33. The molecule has 11 N–H and O–H groups in total. The van der Waals surface area contributed by atoms with E-state index < -0.39 is 36.5 Å². The minimum absolute atomic E-state index is 0.00157. The van der Waals surface area contributed by atoms with Crippen LogP contribution in [0, 0.1) is 11.8 Å². The number of allylic oxidation sites excluding steroid dienone is 2. The summed E-state index contributed by atoms with van der Waals surface area (Å²) in [4.78, 5) is 82.8. The first-order valence-corrected chi connectivity index (χ1v) is 43.8. The number of nitrogens with two attached hydrogens (primary N) is 1. The lowest BCUT2D eigenvalue weighted by Gasteiger charge is -2.23. The molecule has 1 rings (SSSR count). The summed E-state index contributed by atoms with van der Waals surface area (Å²) in [5, 5.41) is 71.4. The molecule has 1 aliphatic heterocycles. The van der Waals surface area contributed by atoms with Gasteiger partial charge in [-0.15, -0.1) is 6.58 Å². The van der Waals surface area contributed by atoms with Gasteiger partial charge in [-0.2, -0.15) is 17.6 Å². The Labute approximate surface area is 753 Å². The molecule has 0 aromatic rings. The summed E-state index contributed by atoms with van der Waals surface area (Å²) < 4.78 is 85.5. The number of alkyl halides is 9. The van der Waals surface area contributed by atoms with Gasteiger partial charge in [0.05, 0.1) is 64.6 Å². The number of aliphatic hydroxyl groups excluding tert-OH is 8. The smallest absolute Gasteiger partial charge is 0.450 e. The number of aliphatic carboxylic acids is 1. The minimum Gasteiger partial charge on any atom is -0.481 e. The Bertz CT molecular complexity index is 2050. The van der Waals surface area contributed by atoms with E-state index in [1.807, 2.05) is 38.5 Å². The Morgan fingerprint density at radius 3 is 0.974 bits per heavy atom. The van der Waals surface area contributed by atoms with Gasteiger partial charge in [0.1, 0.15) is 6.61 Å². The molecule has 5 atom stereocenters. The number of halogens is 10. The third kappa shape index (κ3) is 252. The summed E-state index contributed by atoms with van der Waals surface area (Å²) in [5.74, 6) is -5.13. The normalized spacial score (nSPS) is 10.8. The zero-order valence-electron chi connectivity index (χ0n) is 73.4. The summed E-state index contributed by atoms with van der Waals surface area (Å²) in [6.45, 7) is 67.0. The Morgan fingerprint density at radius 1 is 0.596 bits per heavy atom. The number of carbonyl (C=O) groups excluding carboxylic acids is 7.